The summed E-state index contributed by atoms with van der Waals surface area (Å²) in [5.41, 5.74) is 2.49. The zero-order chi connectivity index (χ0) is 21.7. The Morgan fingerprint density at radius 1 is 1.40 bits per heavy atom. The average molecular weight is 416 g/mol. The molecule has 2 heterocycles. The first-order valence-corrected chi connectivity index (χ1v) is 9.92. The van der Waals surface area contributed by atoms with Crippen LogP contribution in [-0.4, -0.2) is 56.0 Å². The Hall–Kier alpha value is -3.12. The number of hydrogen-bond acceptors (Lipinski definition) is 6. The average Bonchev–Trinajstić information content (AvgIpc) is 3.11. The molecule has 2 aliphatic rings. The number of piperidine rings is 1. The van der Waals surface area contributed by atoms with Crippen LogP contribution < -0.4 is 15.1 Å². The Morgan fingerprint density at radius 2 is 2.13 bits per heavy atom. The van der Waals surface area contributed by atoms with E-state index < -0.39 is 18.0 Å². The molecule has 0 saturated carbocycles. The molecule has 1 atom stereocenters. The van der Waals surface area contributed by atoms with E-state index in [0.717, 1.165) is 5.57 Å². The molecule has 0 aliphatic carbocycles. The molecule has 0 radical (unpaired) electrons. The molecule has 1 aromatic rings. The number of amides is 2. The third kappa shape index (κ3) is 4.89. The van der Waals surface area contributed by atoms with Crippen LogP contribution in [0, 0.1) is 17.1 Å². The van der Waals surface area contributed by atoms with Gasteiger partial charge in [0.2, 0.25) is 5.91 Å². The summed E-state index contributed by atoms with van der Waals surface area (Å²) in [5, 5.41) is 20.9. The lowest BCUT2D eigenvalue weighted by molar-refractivity contribution is -0.119. The molecule has 2 fully saturated rings. The molecule has 0 bridgehead atoms. The molecule has 30 heavy (non-hydrogen) atoms. The number of aliphatic hydroxyl groups is 1. The number of anilines is 2. The number of cyclic esters (lactones) is 1. The van der Waals surface area contributed by atoms with Crippen LogP contribution in [0.15, 0.2) is 29.3 Å². The van der Waals surface area contributed by atoms with Gasteiger partial charge in [-0.3, -0.25) is 9.69 Å². The molecule has 2 N–H and O–H groups in total. The second-order valence-electron chi connectivity index (χ2n) is 7.34. The van der Waals surface area contributed by atoms with Crippen LogP contribution in [0.5, 0.6) is 0 Å². The maximum Gasteiger partial charge on any atom is 0.414 e. The number of rotatable bonds is 6. The van der Waals surface area contributed by atoms with E-state index in [1.807, 2.05) is 4.90 Å². The fourth-order valence-electron chi connectivity index (χ4n) is 3.76. The fourth-order valence-corrected chi connectivity index (χ4v) is 3.76. The molecule has 2 aliphatic heterocycles. The van der Waals surface area contributed by atoms with Gasteiger partial charge in [0.25, 0.3) is 0 Å². The summed E-state index contributed by atoms with van der Waals surface area (Å²) in [6.45, 7) is 2.92. The smallest absolute Gasteiger partial charge is 0.414 e. The van der Waals surface area contributed by atoms with Gasteiger partial charge in [-0.1, -0.05) is 5.57 Å². The Morgan fingerprint density at radius 3 is 2.73 bits per heavy atom. The van der Waals surface area contributed by atoms with Crippen molar-refractivity contribution in [2.24, 2.45) is 0 Å². The number of nitrogens with zero attached hydrogens (tertiary/aromatic N) is 3. The third-order valence-corrected chi connectivity index (χ3v) is 5.33. The van der Waals surface area contributed by atoms with Crippen molar-refractivity contribution in [1.82, 2.24) is 5.32 Å². The van der Waals surface area contributed by atoms with Crippen molar-refractivity contribution in [2.75, 3.05) is 42.6 Å². The van der Waals surface area contributed by atoms with Gasteiger partial charge in [0.05, 0.1) is 30.5 Å². The van der Waals surface area contributed by atoms with Gasteiger partial charge in [-0.25, -0.2) is 9.18 Å². The van der Waals surface area contributed by atoms with E-state index in [2.05, 4.69) is 11.4 Å². The summed E-state index contributed by atoms with van der Waals surface area (Å²) >= 11 is 0. The molecular formula is C21H25FN4O4. The summed E-state index contributed by atoms with van der Waals surface area (Å²) in [6.07, 6.45) is 0.590. The molecule has 160 valence electrons. The highest BCUT2D eigenvalue weighted by Gasteiger charge is 2.33. The number of nitriles is 1. The second-order valence-corrected chi connectivity index (χ2v) is 7.34. The zero-order valence-corrected chi connectivity index (χ0v) is 16.9. The van der Waals surface area contributed by atoms with Crippen molar-refractivity contribution in [3.63, 3.8) is 0 Å². The summed E-state index contributed by atoms with van der Waals surface area (Å²) < 4.78 is 20.1. The predicted octanol–water partition coefficient (Wildman–Crippen LogP) is 2.09. The van der Waals surface area contributed by atoms with Gasteiger partial charge >= 0.3 is 6.09 Å². The SMILES string of the molecule is CC(=O)NCC1CN(c2ccc(N3CCC(=C(C#N)CCO)CC3)c(F)c2)C(=O)O1. The van der Waals surface area contributed by atoms with Crippen molar-refractivity contribution in [3.8, 4) is 6.07 Å². The zero-order valence-electron chi connectivity index (χ0n) is 16.9. The third-order valence-electron chi connectivity index (χ3n) is 5.33. The topological polar surface area (TPSA) is 106 Å². The fraction of sp³-hybridized carbons (Fsp3) is 0.476. The van der Waals surface area contributed by atoms with Crippen LogP contribution in [0.1, 0.15) is 26.2 Å². The predicted molar refractivity (Wildman–Crippen MR) is 108 cm³/mol. The number of ether oxygens (including phenoxy) is 1. The number of hydrogen-bond donors (Lipinski definition) is 2. The number of aliphatic hydroxyl groups excluding tert-OH is 1. The van der Waals surface area contributed by atoms with Crippen molar-refractivity contribution >= 4 is 23.4 Å². The molecule has 8 nitrogen and oxygen atoms in total. The van der Waals surface area contributed by atoms with Gasteiger partial charge in [0, 0.05) is 38.6 Å². The molecule has 2 saturated heterocycles. The van der Waals surface area contributed by atoms with Crippen molar-refractivity contribution in [3.05, 3.63) is 35.2 Å². The Kier molecular flexibility index (Phi) is 6.90. The first kappa shape index (κ1) is 21.6. The quantitative estimate of drug-likeness (QED) is 0.688. The number of halogens is 1. The maximum atomic E-state index is 14.8. The van der Waals surface area contributed by atoms with Gasteiger partial charge < -0.3 is 20.1 Å². The minimum absolute atomic E-state index is 0.0587. The van der Waals surface area contributed by atoms with E-state index in [4.69, 9.17) is 9.84 Å². The van der Waals surface area contributed by atoms with Crippen LogP contribution in [0.3, 0.4) is 0 Å². The van der Waals surface area contributed by atoms with Gasteiger partial charge in [0.15, 0.2) is 0 Å². The number of nitrogens with one attached hydrogen (secondary N) is 1. The lowest BCUT2D eigenvalue weighted by Crippen LogP contribution is -2.33. The molecular weight excluding hydrogens is 391 g/mol. The molecule has 2 amide bonds. The summed E-state index contributed by atoms with van der Waals surface area (Å²) in [6, 6.07) is 6.79. The van der Waals surface area contributed by atoms with Crippen LogP contribution in [0.2, 0.25) is 0 Å². The molecule has 3 rings (SSSR count). The molecule has 0 spiro atoms. The summed E-state index contributed by atoms with van der Waals surface area (Å²) in [7, 11) is 0. The highest BCUT2D eigenvalue weighted by molar-refractivity contribution is 5.90. The van der Waals surface area contributed by atoms with Gasteiger partial charge in [-0.2, -0.15) is 5.26 Å². The molecule has 9 heteroatoms. The lowest BCUT2D eigenvalue weighted by atomic mass is 9.96. The molecule has 1 aromatic carbocycles. The van der Waals surface area contributed by atoms with E-state index in [9.17, 15) is 19.2 Å². The number of carbonyl (C=O) groups excluding carboxylic acids is 2. The first-order chi connectivity index (χ1) is 14.4. The van der Waals surface area contributed by atoms with Crippen molar-refractivity contribution < 1.29 is 23.8 Å². The first-order valence-electron chi connectivity index (χ1n) is 9.92. The monoisotopic (exact) mass is 416 g/mol. The van der Waals surface area contributed by atoms with Crippen LogP contribution in [0.25, 0.3) is 0 Å². The highest BCUT2D eigenvalue weighted by atomic mass is 19.1. The van der Waals surface area contributed by atoms with Crippen molar-refractivity contribution in [1.29, 1.82) is 5.26 Å². The molecule has 1 unspecified atom stereocenters. The summed E-state index contributed by atoms with van der Waals surface area (Å²) in [5.74, 6) is -0.647. The summed E-state index contributed by atoms with van der Waals surface area (Å²) in [4.78, 5) is 26.4. The number of carbonyl (C=O) groups is 2. The van der Waals surface area contributed by atoms with Crippen molar-refractivity contribution in [2.45, 2.75) is 32.3 Å². The second kappa shape index (κ2) is 9.59. The normalized spacial score (nSPS) is 18.8. The molecule has 0 aromatic heterocycles. The Labute approximate surface area is 174 Å². The van der Waals surface area contributed by atoms with E-state index in [-0.39, 0.29) is 25.6 Å². The van der Waals surface area contributed by atoms with Gasteiger partial charge in [-0.15, -0.1) is 0 Å². The standard InChI is InChI=1S/C21H25FN4O4/c1-14(28)24-12-18-13-26(21(29)30-18)17-2-3-20(19(22)10-17)25-7-4-15(5-8-25)16(11-23)6-9-27/h2-3,10,18,27H,4-9,12-13H2,1H3,(H,24,28). The van der Waals surface area contributed by atoms with E-state index in [1.54, 1.807) is 12.1 Å². The van der Waals surface area contributed by atoms with Gasteiger partial charge in [-0.05, 0) is 31.0 Å². The lowest BCUT2D eigenvalue weighted by Gasteiger charge is -2.31. The number of benzene rings is 1. The van der Waals surface area contributed by atoms with Crippen LogP contribution in [0.4, 0.5) is 20.6 Å². The maximum absolute atomic E-state index is 14.8. The Balaban J connectivity index is 1.66. The minimum atomic E-state index is -0.571. The largest absolute Gasteiger partial charge is 0.442 e. The van der Waals surface area contributed by atoms with E-state index in [1.165, 1.54) is 17.9 Å². The van der Waals surface area contributed by atoms with Crippen LogP contribution >= 0.6 is 0 Å². The Bertz CT molecular complexity index is 885. The van der Waals surface area contributed by atoms with E-state index >= 15 is 0 Å². The van der Waals surface area contributed by atoms with Gasteiger partial charge in [0.1, 0.15) is 11.9 Å². The van der Waals surface area contributed by atoms with Crippen LogP contribution in [-0.2, 0) is 9.53 Å². The highest BCUT2D eigenvalue weighted by Crippen LogP contribution is 2.31. The minimum Gasteiger partial charge on any atom is -0.442 e. The van der Waals surface area contributed by atoms with E-state index in [0.29, 0.717) is 49.3 Å².